The second kappa shape index (κ2) is 4.77. The Kier molecular flexibility index (Phi) is 2.96. The molecule has 0 saturated heterocycles. The smallest absolute Gasteiger partial charge is 0.0458 e. The number of hydrogen-bond donors (Lipinski definition) is 1. The Morgan fingerprint density at radius 2 is 0.895 bits per heavy atom. The molecule has 94 valence electrons. The van der Waals surface area contributed by atoms with E-state index in [0.29, 0.717) is 0 Å². The molecule has 0 aliphatic rings. The van der Waals surface area contributed by atoms with Crippen molar-refractivity contribution in [3.8, 4) is 22.5 Å². The zero-order valence-electron chi connectivity index (χ0n) is 11.3. The summed E-state index contributed by atoms with van der Waals surface area (Å²) in [6.45, 7) is 4.21. The van der Waals surface area contributed by atoms with E-state index in [0.717, 1.165) is 11.4 Å². The molecule has 0 aliphatic heterocycles. The van der Waals surface area contributed by atoms with Crippen LogP contribution in [0, 0.1) is 13.8 Å². The van der Waals surface area contributed by atoms with Crippen molar-refractivity contribution in [2.75, 3.05) is 0 Å². The van der Waals surface area contributed by atoms with E-state index in [1.165, 1.54) is 22.3 Å². The molecule has 0 unspecified atom stereocenters. The number of aromatic amines is 1. The fourth-order valence-corrected chi connectivity index (χ4v) is 2.20. The average Bonchev–Trinajstić information content (AvgIpc) is 2.90. The number of H-pyrrole nitrogens is 1. The van der Waals surface area contributed by atoms with Crippen LogP contribution in [0.3, 0.4) is 0 Å². The maximum atomic E-state index is 3.48. The Morgan fingerprint density at radius 1 is 0.526 bits per heavy atom. The molecule has 0 aliphatic carbocycles. The normalized spacial score (nSPS) is 10.6. The van der Waals surface area contributed by atoms with Crippen LogP contribution in [0.15, 0.2) is 60.7 Å². The van der Waals surface area contributed by atoms with Crippen molar-refractivity contribution in [1.82, 2.24) is 4.98 Å². The second-order valence-corrected chi connectivity index (χ2v) is 5.02. The Bertz CT molecular complexity index is 612. The predicted octanol–water partition coefficient (Wildman–Crippen LogP) is 4.97. The molecular weight excluding hydrogens is 230 g/mol. The van der Waals surface area contributed by atoms with Gasteiger partial charge in [0.25, 0.3) is 0 Å². The van der Waals surface area contributed by atoms with Crippen LogP contribution in [0.1, 0.15) is 11.1 Å². The van der Waals surface area contributed by atoms with Crippen molar-refractivity contribution in [3.63, 3.8) is 0 Å². The fourth-order valence-electron chi connectivity index (χ4n) is 2.20. The summed E-state index contributed by atoms with van der Waals surface area (Å²) in [7, 11) is 0. The van der Waals surface area contributed by atoms with E-state index in [2.05, 4.69) is 79.5 Å². The van der Waals surface area contributed by atoms with E-state index in [1.807, 2.05) is 0 Å². The van der Waals surface area contributed by atoms with Gasteiger partial charge in [0, 0.05) is 11.4 Å². The first kappa shape index (κ1) is 11.8. The van der Waals surface area contributed by atoms with Crippen molar-refractivity contribution < 1.29 is 0 Å². The van der Waals surface area contributed by atoms with Gasteiger partial charge in [0.2, 0.25) is 0 Å². The van der Waals surface area contributed by atoms with Crippen molar-refractivity contribution in [2.24, 2.45) is 0 Å². The third kappa shape index (κ3) is 2.45. The number of hydrogen-bond acceptors (Lipinski definition) is 0. The molecule has 3 rings (SSSR count). The molecule has 1 N–H and O–H groups in total. The minimum absolute atomic E-state index is 1.16. The van der Waals surface area contributed by atoms with Crippen LogP contribution in [0.4, 0.5) is 0 Å². The third-order valence-corrected chi connectivity index (χ3v) is 3.41. The number of aryl methyl sites for hydroxylation is 2. The SMILES string of the molecule is Cc1ccc(-c2ccc(-c3ccc(C)cc3)[nH]2)cc1. The zero-order valence-corrected chi connectivity index (χ0v) is 11.3. The molecule has 0 spiro atoms. The van der Waals surface area contributed by atoms with Crippen molar-refractivity contribution in [2.45, 2.75) is 13.8 Å². The highest BCUT2D eigenvalue weighted by molar-refractivity contribution is 5.68. The quantitative estimate of drug-likeness (QED) is 0.658. The van der Waals surface area contributed by atoms with Gasteiger partial charge in [0.1, 0.15) is 0 Å². The predicted molar refractivity (Wildman–Crippen MR) is 81.1 cm³/mol. The minimum atomic E-state index is 1.16. The van der Waals surface area contributed by atoms with Crippen LogP contribution in [0.25, 0.3) is 22.5 Å². The van der Waals surface area contributed by atoms with Gasteiger partial charge in [-0.05, 0) is 37.1 Å². The van der Waals surface area contributed by atoms with E-state index >= 15 is 0 Å². The summed E-state index contributed by atoms with van der Waals surface area (Å²) in [5.74, 6) is 0. The molecule has 0 fully saturated rings. The molecular formula is C18H17N. The molecule has 0 bridgehead atoms. The Hall–Kier alpha value is -2.28. The fraction of sp³-hybridized carbons (Fsp3) is 0.111. The van der Waals surface area contributed by atoms with E-state index in [9.17, 15) is 0 Å². The highest BCUT2D eigenvalue weighted by Gasteiger charge is 2.03. The van der Waals surface area contributed by atoms with Crippen LogP contribution in [0.2, 0.25) is 0 Å². The lowest BCUT2D eigenvalue weighted by Crippen LogP contribution is -1.81. The second-order valence-electron chi connectivity index (χ2n) is 5.02. The molecule has 3 aromatic rings. The molecule has 1 heterocycles. The summed E-state index contributed by atoms with van der Waals surface area (Å²) < 4.78 is 0. The molecule has 0 saturated carbocycles. The maximum Gasteiger partial charge on any atom is 0.0458 e. The Morgan fingerprint density at radius 3 is 1.26 bits per heavy atom. The molecule has 0 radical (unpaired) electrons. The lowest BCUT2D eigenvalue weighted by molar-refractivity contribution is 1.37. The van der Waals surface area contributed by atoms with Crippen LogP contribution in [-0.4, -0.2) is 4.98 Å². The third-order valence-electron chi connectivity index (χ3n) is 3.41. The standard InChI is InChI=1S/C18H17N/c1-13-3-7-15(8-4-13)17-11-12-18(19-17)16-9-5-14(2)6-10-16/h3-12,19H,1-2H3. The molecule has 1 nitrogen and oxygen atoms in total. The van der Waals surface area contributed by atoms with Crippen LogP contribution >= 0.6 is 0 Å². The molecule has 2 aromatic carbocycles. The van der Waals surface area contributed by atoms with Crippen molar-refractivity contribution in [1.29, 1.82) is 0 Å². The summed E-state index contributed by atoms with van der Waals surface area (Å²) in [4.78, 5) is 3.48. The maximum absolute atomic E-state index is 3.48. The van der Waals surface area contributed by atoms with Gasteiger partial charge in [-0.2, -0.15) is 0 Å². The summed E-state index contributed by atoms with van der Waals surface area (Å²) in [5, 5.41) is 0. The van der Waals surface area contributed by atoms with Crippen molar-refractivity contribution in [3.05, 3.63) is 71.8 Å². The molecule has 19 heavy (non-hydrogen) atoms. The Balaban J connectivity index is 1.95. The van der Waals surface area contributed by atoms with Gasteiger partial charge in [0.15, 0.2) is 0 Å². The van der Waals surface area contributed by atoms with E-state index in [4.69, 9.17) is 0 Å². The van der Waals surface area contributed by atoms with E-state index in [-0.39, 0.29) is 0 Å². The summed E-state index contributed by atoms with van der Waals surface area (Å²) in [5.41, 5.74) is 7.35. The van der Waals surface area contributed by atoms with Gasteiger partial charge >= 0.3 is 0 Å². The largest absolute Gasteiger partial charge is 0.355 e. The lowest BCUT2D eigenvalue weighted by Gasteiger charge is -2.01. The summed E-state index contributed by atoms with van der Waals surface area (Å²) in [6.07, 6.45) is 0. The topological polar surface area (TPSA) is 15.8 Å². The van der Waals surface area contributed by atoms with Crippen LogP contribution < -0.4 is 0 Å². The lowest BCUT2D eigenvalue weighted by atomic mass is 10.1. The molecule has 0 atom stereocenters. The van der Waals surface area contributed by atoms with Gasteiger partial charge in [-0.15, -0.1) is 0 Å². The van der Waals surface area contributed by atoms with Gasteiger partial charge in [-0.25, -0.2) is 0 Å². The zero-order chi connectivity index (χ0) is 13.2. The monoisotopic (exact) mass is 247 g/mol. The number of nitrogens with one attached hydrogen (secondary N) is 1. The van der Waals surface area contributed by atoms with Crippen LogP contribution in [0.5, 0.6) is 0 Å². The minimum Gasteiger partial charge on any atom is -0.355 e. The van der Waals surface area contributed by atoms with Gasteiger partial charge in [0.05, 0.1) is 0 Å². The first-order chi connectivity index (χ1) is 9.22. The number of rotatable bonds is 2. The first-order valence-corrected chi connectivity index (χ1v) is 6.55. The van der Waals surface area contributed by atoms with Crippen molar-refractivity contribution >= 4 is 0 Å². The number of aromatic nitrogens is 1. The molecule has 1 aromatic heterocycles. The molecule has 0 amide bonds. The highest BCUT2D eigenvalue weighted by Crippen LogP contribution is 2.24. The average molecular weight is 247 g/mol. The Labute approximate surface area is 113 Å². The highest BCUT2D eigenvalue weighted by atomic mass is 14.7. The van der Waals surface area contributed by atoms with Gasteiger partial charge in [-0.3, -0.25) is 0 Å². The van der Waals surface area contributed by atoms with Crippen LogP contribution in [-0.2, 0) is 0 Å². The van der Waals surface area contributed by atoms with E-state index in [1.54, 1.807) is 0 Å². The van der Waals surface area contributed by atoms with E-state index < -0.39 is 0 Å². The first-order valence-electron chi connectivity index (χ1n) is 6.55. The summed E-state index contributed by atoms with van der Waals surface area (Å²) in [6, 6.07) is 21.5. The van der Waals surface area contributed by atoms with Gasteiger partial charge < -0.3 is 4.98 Å². The van der Waals surface area contributed by atoms with Gasteiger partial charge in [-0.1, -0.05) is 59.7 Å². The molecule has 1 heteroatoms. The summed E-state index contributed by atoms with van der Waals surface area (Å²) >= 11 is 0. The number of benzene rings is 2.